The zero-order valence-electron chi connectivity index (χ0n) is 9.02. The van der Waals surface area contributed by atoms with E-state index < -0.39 is 6.10 Å². The number of rotatable bonds is 7. The molecule has 0 saturated carbocycles. The molecule has 0 heterocycles. The SMILES string of the molecule is CCCCCCC(O)CO.OCCO. The van der Waals surface area contributed by atoms with Crippen LogP contribution < -0.4 is 0 Å². The Morgan fingerprint density at radius 3 is 1.86 bits per heavy atom. The van der Waals surface area contributed by atoms with Crippen LogP contribution in [0.15, 0.2) is 0 Å². The highest BCUT2D eigenvalue weighted by atomic mass is 16.3. The van der Waals surface area contributed by atoms with Crippen molar-refractivity contribution in [2.75, 3.05) is 19.8 Å². The lowest BCUT2D eigenvalue weighted by Crippen LogP contribution is -2.10. The summed E-state index contributed by atoms with van der Waals surface area (Å²) in [6, 6.07) is 0. The molecule has 0 rings (SSSR count). The Balaban J connectivity index is 0. The maximum atomic E-state index is 8.91. The van der Waals surface area contributed by atoms with Crippen molar-refractivity contribution in [1.29, 1.82) is 0 Å². The molecular formula is C10H24O4. The van der Waals surface area contributed by atoms with E-state index in [1.807, 2.05) is 0 Å². The molecule has 0 aliphatic rings. The van der Waals surface area contributed by atoms with Crippen LogP contribution >= 0.6 is 0 Å². The van der Waals surface area contributed by atoms with E-state index in [1.165, 1.54) is 19.3 Å². The summed E-state index contributed by atoms with van der Waals surface area (Å²) < 4.78 is 0. The number of unbranched alkanes of at least 4 members (excludes halogenated alkanes) is 3. The molecule has 0 saturated heterocycles. The fraction of sp³-hybridized carbons (Fsp3) is 1.00. The van der Waals surface area contributed by atoms with E-state index in [4.69, 9.17) is 20.4 Å². The van der Waals surface area contributed by atoms with Gasteiger partial charge in [0.2, 0.25) is 0 Å². The van der Waals surface area contributed by atoms with Crippen LogP contribution in [0.2, 0.25) is 0 Å². The maximum absolute atomic E-state index is 8.91. The monoisotopic (exact) mass is 208 g/mol. The quantitative estimate of drug-likeness (QED) is 0.453. The van der Waals surface area contributed by atoms with E-state index in [0.717, 1.165) is 12.8 Å². The van der Waals surface area contributed by atoms with E-state index in [2.05, 4.69) is 6.92 Å². The van der Waals surface area contributed by atoms with Crippen LogP contribution in [0.3, 0.4) is 0 Å². The first kappa shape index (κ1) is 16.3. The van der Waals surface area contributed by atoms with Crippen molar-refractivity contribution in [2.24, 2.45) is 0 Å². The molecule has 14 heavy (non-hydrogen) atoms. The van der Waals surface area contributed by atoms with Crippen LogP contribution in [0.4, 0.5) is 0 Å². The predicted octanol–water partition coefficient (Wildman–Crippen LogP) is 0.281. The van der Waals surface area contributed by atoms with Gasteiger partial charge in [0.1, 0.15) is 0 Å². The predicted molar refractivity (Wildman–Crippen MR) is 56.0 cm³/mol. The van der Waals surface area contributed by atoms with Gasteiger partial charge in [-0.25, -0.2) is 0 Å². The van der Waals surface area contributed by atoms with Gasteiger partial charge in [0.05, 0.1) is 25.9 Å². The molecular weight excluding hydrogens is 184 g/mol. The third-order valence-electron chi connectivity index (χ3n) is 1.70. The average molecular weight is 208 g/mol. The largest absolute Gasteiger partial charge is 0.394 e. The van der Waals surface area contributed by atoms with Crippen molar-refractivity contribution < 1.29 is 20.4 Å². The molecule has 4 N–H and O–H groups in total. The molecule has 0 amide bonds. The molecule has 0 aliphatic carbocycles. The van der Waals surface area contributed by atoms with Gasteiger partial charge < -0.3 is 20.4 Å². The normalized spacial score (nSPS) is 11.8. The summed E-state index contributed by atoms with van der Waals surface area (Å²) in [5.74, 6) is 0. The average Bonchev–Trinajstić information content (AvgIpc) is 2.24. The summed E-state index contributed by atoms with van der Waals surface area (Å²) in [5, 5.41) is 32.6. The molecule has 0 aromatic carbocycles. The van der Waals surface area contributed by atoms with Crippen LogP contribution in [-0.2, 0) is 0 Å². The minimum absolute atomic E-state index is 0.0911. The molecule has 1 atom stereocenters. The minimum atomic E-state index is -0.489. The number of aliphatic hydroxyl groups is 4. The van der Waals surface area contributed by atoms with E-state index >= 15 is 0 Å². The van der Waals surface area contributed by atoms with Gasteiger partial charge in [-0.15, -0.1) is 0 Å². The molecule has 0 radical (unpaired) electrons. The van der Waals surface area contributed by atoms with Gasteiger partial charge in [-0.3, -0.25) is 0 Å². The number of hydrogen-bond donors (Lipinski definition) is 4. The first-order chi connectivity index (χ1) is 6.72. The maximum Gasteiger partial charge on any atom is 0.0770 e. The molecule has 88 valence electrons. The lowest BCUT2D eigenvalue weighted by molar-refractivity contribution is 0.0860. The van der Waals surface area contributed by atoms with Crippen molar-refractivity contribution in [3.8, 4) is 0 Å². The number of hydrogen-bond acceptors (Lipinski definition) is 4. The summed E-state index contributed by atoms with van der Waals surface area (Å²) in [6.45, 7) is 1.81. The molecule has 4 heteroatoms. The van der Waals surface area contributed by atoms with Gasteiger partial charge in [0.25, 0.3) is 0 Å². The molecule has 1 unspecified atom stereocenters. The molecule has 0 aromatic heterocycles. The second kappa shape index (κ2) is 15.3. The van der Waals surface area contributed by atoms with Crippen LogP contribution in [0.25, 0.3) is 0 Å². The summed E-state index contributed by atoms with van der Waals surface area (Å²) in [5.41, 5.74) is 0. The Morgan fingerprint density at radius 1 is 0.929 bits per heavy atom. The fourth-order valence-corrected chi connectivity index (χ4v) is 0.898. The van der Waals surface area contributed by atoms with Crippen LogP contribution in [0.1, 0.15) is 39.0 Å². The smallest absolute Gasteiger partial charge is 0.0770 e. The van der Waals surface area contributed by atoms with E-state index in [0.29, 0.717) is 0 Å². The number of aliphatic hydroxyl groups excluding tert-OH is 4. The molecule has 0 fully saturated rings. The highest BCUT2D eigenvalue weighted by Crippen LogP contribution is 2.04. The highest BCUT2D eigenvalue weighted by molar-refractivity contribution is 4.52. The van der Waals surface area contributed by atoms with Crippen molar-refractivity contribution in [1.82, 2.24) is 0 Å². The van der Waals surface area contributed by atoms with Gasteiger partial charge in [-0.2, -0.15) is 0 Å². The first-order valence-electron chi connectivity index (χ1n) is 5.23. The van der Waals surface area contributed by atoms with Crippen LogP contribution in [0.5, 0.6) is 0 Å². The Hall–Kier alpha value is -0.160. The van der Waals surface area contributed by atoms with Crippen molar-refractivity contribution in [3.63, 3.8) is 0 Å². The third kappa shape index (κ3) is 17.8. The summed E-state index contributed by atoms with van der Waals surface area (Å²) >= 11 is 0. The second-order valence-corrected chi connectivity index (χ2v) is 3.13. The van der Waals surface area contributed by atoms with Crippen molar-refractivity contribution >= 4 is 0 Å². The van der Waals surface area contributed by atoms with E-state index in [-0.39, 0.29) is 19.8 Å². The van der Waals surface area contributed by atoms with Crippen molar-refractivity contribution in [2.45, 2.75) is 45.1 Å². The van der Waals surface area contributed by atoms with Crippen LogP contribution in [0, 0.1) is 0 Å². The Labute approximate surface area is 86.2 Å². The fourth-order valence-electron chi connectivity index (χ4n) is 0.898. The zero-order chi connectivity index (χ0) is 11.2. The van der Waals surface area contributed by atoms with Crippen LogP contribution in [-0.4, -0.2) is 46.4 Å². The van der Waals surface area contributed by atoms with Gasteiger partial charge in [-0.05, 0) is 6.42 Å². The van der Waals surface area contributed by atoms with Gasteiger partial charge >= 0.3 is 0 Å². The molecule has 4 nitrogen and oxygen atoms in total. The lowest BCUT2D eigenvalue weighted by atomic mass is 10.1. The van der Waals surface area contributed by atoms with Gasteiger partial charge in [-0.1, -0.05) is 32.6 Å². The Morgan fingerprint density at radius 2 is 1.50 bits per heavy atom. The Bertz CT molecular complexity index is 86.2. The third-order valence-corrected chi connectivity index (χ3v) is 1.70. The topological polar surface area (TPSA) is 80.9 Å². The molecule has 0 spiro atoms. The van der Waals surface area contributed by atoms with E-state index in [9.17, 15) is 0 Å². The summed E-state index contributed by atoms with van der Waals surface area (Å²) in [7, 11) is 0. The van der Waals surface area contributed by atoms with E-state index in [1.54, 1.807) is 0 Å². The molecule has 0 aromatic rings. The minimum Gasteiger partial charge on any atom is -0.394 e. The summed E-state index contributed by atoms with van der Waals surface area (Å²) in [6.07, 6.45) is 4.92. The van der Waals surface area contributed by atoms with Gasteiger partial charge in [0.15, 0.2) is 0 Å². The lowest BCUT2D eigenvalue weighted by Gasteiger charge is -2.04. The molecule has 0 bridgehead atoms. The highest BCUT2D eigenvalue weighted by Gasteiger charge is 1.99. The first-order valence-corrected chi connectivity index (χ1v) is 5.23. The van der Waals surface area contributed by atoms with Gasteiger partial charge in [0, 0.05) is 0 Å². The zero-order valence-corrected chi connectivity index (χ0v) is 9.02. The van der Waals surface area contributed by atoms with Crippen molar-refractivity contribution in [3.05, 3.63) is 0 Å². The summed E-state index contributed by atoms with van der Waals surface area (Å²) in [4.78, 5) is 0. The Kier molecular flexibility index (Phi) is 17.8. The standard InChI is InChI=1S/C8H18O2.C2H6O2/c1-2-3-4-5-6-8(10)7-9;3-1-2-4/h8-10H,2-7H2,1H3;3-4H,1-2H2. The molecule has 0 aliphatic heterocycles. The second-order valence-electron chi connectivity index (χ2n) is 3.13.